The number of Topliss-reactive ketones (excluding diaryl/α,β-unsaturated/α-hetero) is 1. The molecule has 3 amide bonds. The SMILES string of the molecule is CC.CC.CC.CC.Cc1cccc2c1CC(=O)c1cccc(C)c1NC(=O)c1cccc(C)c1NC(=O)c1cccc(C)c1NC2=O. The number of ketones is 1. The molecule has 0 aromatic heterocycles. The number of carbonyl (C=O) groups is 4. The lowest BCUT2D eigenvalue weighted by Gasteiger charge is -2.20. The Kier molecular flexibility index (Phi) is 17.3. The van der Waals surface area contributed by atoms with E-state index in [1.54, 1.807) is 74.5 Å². The van der Waals surface area contributed by atoms with E-state index in [9.17, 15) is 19.2 Å². The molecule has 7 heteroatoms. The Morgan fingerprint density at radius 3 is 1.08 bits per heavy atom. The smallest absolute Gasteiger partial charge is 0.257 e. The molecule has 48 heavy (non-hydrogen) atoms. The summed E-state index contributed by atoms with van der Waals surface area (Å²) < 4.78 is 0. The lowest BCUT2D eigenvalue weighted by Crippen LogP contribution is -2.24. The Hall–Kier alpha value is -5.04. The lowest BCUT2D eigenvalue weighted by atomic mass is 9.92. The van der Waals surface area contributed by atoms with Gasteiger partial charge in [0.15, 0.2) is 5.78 Å². The van der Waals surface area contributed by atoms with Gasteiger partial charge in [0.2, 0.25) is 0 Å². The van der Waals surface area contributed by atoms with E-state index in [-0.39, 0.29) is 23.3 Å². The lowest BCUT2D eigenvalue weighted by molar-refractivity contribution is 0.0991. The second-order valence-electron chi connectivity index (χ2n) is 10.1. The Labute approximate surface area is 287 Å². The van der Waals surface area contributed by atoms with Gasteiger partial charge in [0.1, 0.15) is 0 Å². The van der Waals surface area contributed by atoms with Crippen LogP contribution >= 0.6 is 0 Å². The van der Waals surface area contributed by atoms with Crippen LogP contribution in [-0.4, -0.2) is 23.5 Å². The third-order valence-electron chi connectivity index (χ3n) is 7.32. The van der Waals surface area contributed by atoms with Gasteiger partial charge in [-0.3, -0.25) is 19.2 Å². The highest BCUT2D eigenvalue weighted by molar-refractivity contribution is 6.18. The minimum Gasteiger partial charge on any atom is -0.321 e. The number of nitrogens with one attached hydrogen (secondary N) is 3. The van der Waals surface area contributed by atoms with E-state index in [1.165, 1.54) is 0 Å². The third kappa shape index (κ3) is 9.50. The van der Waals surface area contributed by atoms with Crippen LogP contribution in [0, 0.1) is 27.7 Å². The van der Waals surface area contributed by atoms with Crippen molar-refractivity contribution in [2.45, 2.75) is 89.5 Å². The van der Waals surface area contributed by atoms with Gasteiger partial charge in [-0.05, 0) is 79.8 Å². The van der Waals surface area contributed by atoms with Gasteiger partial charge in [-0.1, -0.05) is 104 Å². The molecule has 0 saturated carbocycles. The van der Waals surface area contributed by atoms with Crippen molar-refractivity contribution in [3.63, 3.8) is 0 Å². The normalized spacial score (nSPS) is 11.9. The van der Waals surface area contributed by atoms with Crippen molar-refractivity contribution in [3.8, 4) is 0 Å². The van der Waals surface area contributed by atoms with E-state index in [2.05, 4.69) is 16.0 Å². The van der Waals surface area contributed by atoms with Gasteiger partial charge in [0.25, 0.3) is 17.7 Å². The number of para-hydroxylation sites is 3. The van der Waals surface area contributed by atoms with Gasteiger partial charge in [-0.25, -0.2) is 0 Å². The summed E-state index contributed by atoms with van der Waals surface area (Å²) in [4.78, 5) is 54.7. The second-order valence-corrected chi connectivity index (χ2v) is 10.1. The van der Waals surface area contributed by atoms with Crippen LogP contribution in [0.15, 0.2) is 72.8 Å². The van der Waals surface area contributed by atoms with Crippen molar-refractivity contribution < 1.29 is 19.2 Å². The predicted octanol–water partition coefficient (Wildman–Crippen LogP) is 10.5. The van der Waals surface area contributed by atoms with Crippen LogP contribution < -0.4 is 16.0 Å². The van der Waals surface area contributed by atoms with E-state index in [1.807, 2.05) is 81.4 Å². The molecule has 0 saturated heterocycles. The fourth-order valence-corrected chi connectivity index (χ4v) is 5.06. The summed E-state index contributed by atoms with van der Waals surface area (Å²) in [6, 6.07) is 20.9. The van der Waals surface area contributed by atoms with E-state index >= 15 is 0 Å². The van der Waals surface area contributed by atoms with Gasteiger partial charge in [-0.2, -0.15) is 0 Å². The molecule has 1 heterocycles. The maximum Gasteiger partial charge on any atom is 0.257 e. The molecule has 0 radical (unpaired) electrons. The van der Waals surface area contributed by atoms with Crippen molar-refractivity contribution in [2.24, 2.45) is 0 Å². The molecule has 0 spiro atoms. The van der Waals surface area contributed by atoms with Gasteiger partial charge < -0.3 is 16.0 Å². The Balaban J connectivity index is 0.00000134. The van der Waals surface area contributed by atoms with Gasteiger partial charge >= 0.3 is 0 Å². The first-order chi connectivity index (χ1) is 23.2. The molecule has 0 fully saturated rings. The average molecular weight is 652 g/mol. The zero-order chi connectivity index (χ0) is 36.6. The Morgan fingerprint density at radius 2 is 0.688 bits per heavy atom. The molecule has 0 atom stereocenters. The molecule has 5 rings (SSSR count). The molecule has 0 unspecified atom stereocenters. The molecule has 4 aromatic rings. The van der Waals surface area contributed by atoms with Crippen LogP contribution in [-0.2, 0) is 6.42 Å². The summed E-state index contributed by atoms with van der Waals surface area (Å²) in [5.41, 5.74) is 5.74. The van der Waals surface area contributed by atoms with Gasteiger partial charge in [-0.15, -0.1) is 0 Å². The van der Waals surface area contributed by atoms with Crippen molar-refractivity contribution >= 4 is 40.6 Å². The van der Waals surface area contributed by atoms with Crippen molar-refractivity contribution in [2.75, 3.05) is 16.0 Å². The number of carbonyl (C=O) groups excluding carboxylic acids is 4. The van der Waals surface area contributed by atoms with Crippen LogP contribution in [0.5, 0.6) is 0 Å². The first kappa shape index (κ1) is 41.0. The molecule has 4 aromatic carbocycles. The predicted molar refractivity (Wildman–Crippen MR) is 202 cm³/mol. The maximum atomic E-state index is 13.7. The topological polar surface area (TPSA) is 104 Å². The second kappa shape index (κ2) is 20.3. The van der Waals surface area contributed by atoms with Crippen LogP contribution in [0.4, 0.5) is 17.1 Å². The monoisotopic (exact) mass is 651 g/mol. The molecule has 1 aliphatic rings. The number of aryl methyl sites for hydroxylation is 4. The molecular weight excluding hydrogens is 598 g/mol. The number of anilines is 3. The molecule has 0 aliphatic carbocycles. The average Bonchev–Trinajstić information content (AvgIpc) is 3.11. The minimum atomic E-state index is -0.467. The quantitative estimate of drug-likeness (QED) is 0.176. The highest BCUT2D eigenvalue weighted by Crippen LogP contribution is 2.30. The fraction of sp³-hybridized carbons (Fsp3) is 0.317. The van der Waals surface area contributed by atoms with E-state index in [0.29, 0.717) is 50.4 Å². The number of rotatable bonds is 0. The van der Waals surface area contributed by atoms with E-state index in [4.69, 9.17) is 0 Å². The summed E-state index contributed by atoms with van der Waals surface area (Å²) in [6.45, 7) is 23.3. The number of hydrogen-bond donors (Lipinski definition) is 3. The number of fused-ring (bicyclic) bond motifs is 4. The van der Waals surface area contributed by atoms with Gasteiger partial charge in [0, 0.05) is 17.5 Å². The fourth-order valence-electron chi connectivity index (χ4n) is 5.06. The van der Waals surface area contributed by atoms with Crippen molar-refractivity contribution in [1.29, 1.82) is 0 Å². The molecule has 0 bridgehead atoms. The zero-order valence-corrected chi connectivity index (χ0v) is 30.8. The van der Waals surface area contributed by atoms with E-state index < -0.39 is 17.7 Å². The van der Waals surface area contributed by atoms with Crippen LogP contribution in [0.25, 0.3) is 0 Å². The molecule has 1 aliphatic heterocycles. The Bertz CT molecular complexity index is 1470. The highest BCUT2D eigenvalue weighted by Gasteiger charge is 2.25. The van der Waals surface area contributed by atoms with Gasteiger partial charge in [0.05, 0.1) is 28.2 Å². The summed E-state index contributed by atoms with van der Waals surface area (Å²) in [7, 11) is 0. The molecule has 7 nitrogen and oxygen atoms in total. The largest absolute Gasteiger partial charge is 0.321 e. The molecule has 256 valence electrons. The first-order valence-electron chi connectivity index (χ1n) is 17.0. The van der Waals surface area contributed by atoms with Crippen LogP contribution in [0.2, 0.25) is 0 Å². The molecular formula is C41H53N3O4. The standard InChI is InChI=1S/C33H29N3O4.4C2H6/c1-18-9-5-13-22-26(18)17-27(37)23-14-6-10-19(2)28(23)34-32(39)25-16-8-12-21(4)30(25)36-33(40)24-15-7-11-20(3)29(24)35-31(22)38;4*1-2/h5-16H,17H2,1-4H3,(H,34,39)(H,35,38)(H,36,40);4*1-2H3. The van der Waals surface area contributed by atoms with Crippen LogP contribution in [0.3, 0.4) is 0 Å². The number of hydrogen-bond acceptors (Lipinski definition) is 4. The summed E-state index contributed by atoms with van der Waals surface area (Å²) in [5, 5.41) is 8.75. The maximum absolute atomic E-state index is 13.7. The number of benzene rings is 4. The zero-order valence-electron chi connectivity index (χ0n) is 30.8. The summed E-state index contributed by atoms with van der Waals surface area (Å²) in [6.07, 6.45) is -0.0431. The summed E-state index contributed by atoms with van der Waals surface area (Å²) >= 11 is 0. The molecule has 3 N–H and O–H groups in total. The van der Waals surface area contributed by atoms with Crippen molar-refractivity contribution in [3.05, 3.63) is 123 Å². The number of amides is 3. The highest BCUT2D eigenvalue weighted by atomic mass is 16.2. The third-order valence-corrected chi connectivity index (χ3v) is 7.32. The summed E-state index contributed by atoms with van der Waals surface area (Å²) in [5.74, 6) is -1.57. The minimum absolute atomic E-state index is 0.0431. The van der Waals surface area contributed by atoms with E-state index in [0.717, 1.165) is 5.56 Å². The van der Waals surface area contributed by atoms with Crippen LogP contribution in [0.1, 0.15) is 125 Å². The van der Waals surface area contributed by atoms with Crippen molar-refractivity contribution in [1.82, 2.24) is 0 Å². The first-order valence-corrected chi connectivity index (χ1v) is 17.0. The Morgan fingerprint density at radius 1 is 0.396 bits per heavy atom.